The maximum absolute atomic E-state index is 2.40. The Morgan fingerprint density at radius 3 is 1.35 bits per heavy atom. The molecular weight excluding hydrogens is 625 g/mol. The molecule has 0 radical (unpaired) electrons. The van der Waals surface area contributed by atoms with Gasteiger partial charge in [0.25, 0.3) is 0 Å². The molecule has 0 amide bonds. The molecule has 0 N–H and O–H groups in total. The molecule has 0 fully saturated rings. The summed E-state index contributed by atoms with van der Waals surface area (Å²) in [6, 6.07) is 75.5. The van der Waals surface area contributed by atoms with Crippen molar-refractivity contribution in [3.8, 4) is 55.6 Å². The molecule has 0 unspecified atom stereocenters. The standard InChI is InChI=1S/C52H34/c1-2-15-35(16-3-1)36-29-31-37(32-30-36)41-20-6-9-24-45(41)52-48-27-12-10-25-46(48)51(47-26-11-13-28-49(47)52)40-19-14-18-38(33-40)50-34-39-17-4-5-21-42(39)43-22-7-8-23-44(43)50/h1-34H. The highest BCUT2D eigenvalue weighted by atomic mass is 14.2. The van der Waals surface area contributed by atoms with Crippen LogP contribution in [0.25, 0.3) is 98.7 Å². The Morgan fingerprint density at radius 2 is 0.654 bits per heavy atom. The van der Waals surface area contributed by atoms with E-state index in [1.54, 1.807) is 0 Å². The Bertz CT molecular complexity index is 2880. The lowest BCUT2D eigenvalue weighted by Gasteiger charge is -2.20. The van der Waals surface area contributed by atoms with E-state index >= 15 is 0 Å². The summed E-state index contributed by atoms with van der Waals surface area (Å²) >= 11 is 0. The summed E-state index contributed by atoms with van der Waals surface area (Å²) in [6.07, 6.45) is 0. The first-order chi connectivity index (χ1) is 25.8. The average molecular weight is 659 g/mol. The fourth-order valence-electron chi connectivity index (χ4n) is 8.29. The summed E-state index contributed by atoms with van der Waals surface area (Å²) in [5.41, 5.74) is 12.4. The minimum atomic E-state index is 1.21. The highest BCUT2D eigenvalue weighted by Gasteiger charge is 2.19. The Morgan fingerprint density at radius 1 is 0.192 bits per heavy atom. The summed E-state index contributed by atoms with van der Waals surface area (Å²) in [6.45, 7) is 0. The van der Waals surface area contributed by atoms with Crippen LogP contribution in [0, 0.1) is 0 Å². The zero-order valence-corrected chi connectivity index (χ0v) is 28.6. The highest BCUT2D eigenvalue weighted by Crippen LogP contribution is 2.47. The fraction of sp³-hybridized carbons (Fsp3) is 0. The van der Waals surface area contributed by atoms with Crippen LogP contribution in [-0.4, -0.2) is 0 Å². The number of fused-ring (bicyclic) bond motifs is 5. The van der Waals surface area contributed by atoms with E-state index in [1.165, 1.54) is 98.7 Å². The monoisotopic (exact) mass is 658 g/mol. The quantitative estimate of drug-likeness (QED) is 0.128. The molecule has 10 aromatic rings. The molecule has 0 aliphatic heterocycles. The Balaban J connectivity index is 1.18. The third-order valence-corrected chi connectivity index (χ3v) is 10.7. The van der Waals surface area contributed by atoms with E-state index in [0.29, 0.717) is 0 Å². The molecule has 0 saturated heterocycles. The van der Waals surface area contributed by atoms with Gasteiger partial charge in [0.05, 0.1) is 0 Å². The largest absolute Gasteiger partial charge is 0.0622 e. The van der Waals surface area contributed by atoms with Crippen LogP contribution in [-0.2, 0) is 0 Å². The number of hydrogen-bond acceptors (Lipinski definition) is 0. The normalized spacial score (nSPS) is 11.5. The number of benzene rings is 10. The van der Waals surface area contributed by atoms with Crippen molar-refractivity contribution >= 4 is 43.1 Å². The van der Waals surface area contributed by atoms with Gasteiger partial charge in [-0.3, -0.25) is 0 Å². The topological polar surface area (TPSA) is 0 Å². The lowest BCUT2D eigenvalue weighted by Crippen LogP contribution is -1.93. The molecule has 10 rings (SSSR count). The second-order valence-electron chi connectivity index (χ2n) is 13.6. The Hall–Kier alpha value is -6.76. The van der Waals surface area contributed by atoms with E-state index in [4.69, 9.17) is 0 Å². The van der Waals surface area contributed by atoms with E-state index in [9.17, 15) is 0 Å². The summed E-state index contributed by atoms with van der Waals surface area (Å²) in [4.78, 5) is 0. The van der Waals surface area contributed by atoms with E-state index in [0.717, 1.165) is 0 Å². The third kappa shape index (κ3) is 5.00. The van der Waals surface area contributed by atoms with Gasteiger partial charge in [-0.15, -0.1) is 0 Å². The van der Waals surface area contributed by atoms with Gasteiger partial charge in [0.1, 0.15) is 0 Å². The lowest BCUT2D eigenvalue weighted by molar-refractivity contribution is 1.58. The van der Waals surface area contributed by atoms with Gasteiger partial charge in [-0.05, 0) is 111 Å². The molecule has 0 spiro atoms. The first-order valence-corrected chi connectivity index (χ1v) is 18.0. The van der Waals surface area contributed by atoms with Crippen LogP contribution >= 0.6 is 0 Å². The molecule has 0 nitrogen and oxygen atoms in total. The molecule has 10 aromatic carbocycles. The molecule has 0 heteroatoms. The molecule has 0 aliphatic carbocycles. The molecule has 0 saturated carbocycles. The van der Waals surface area contributed by atoms with Crippen LogP contribution < -0.4 is 0 Å². The first kappa shape index (κ1) is 30.1. The Labute approximate surface area is 303 Å². The van der Waals surface area contributed by atoms with Crippen LogP contribution in [0.2, 0.25) is 0 Å². The van der Waals surface area contributed by atoms with Crippen molar-refractivity contribution in [3.05, 3.63) is 206 Å². The van der Waals surface area contributed by atoms with Gasteiger partial charge in [-0.25, -0.2) is 0 Å². The molecule has 0 atom stereocenters. The maximum atomic E-state index is 2.40. The van der Waals surface area contributed by atoms with E-state index < -0.39 is 0 Å². The van der Waals surface area contributed by atoms with Crippen LogP contribution in [0.5, 0.6) is 0 Å². The highest BCUT2D eigenvalue weighted by molar-refractivity contribution is 6.23. The van der Waals surface area contributed by atoms with Crippen molar-refractivity contribution in [2.24, 2.45) is 0 Å². The van der Waals surface area contributed by atoms with Crippen molar-refractivity contribution in [2.75, 3.05) is 0 Å². The van der Waals surface area contributed by atoms with Crippen molar-refractivity contribution in [1.82, 2.24) is 0 Å². The summed E-state index contributed by atoms with van der Waals surface area (Å²) in [5, 5.41) is 10.1. The predicted octanol–water partition coefficient (Wildman–Crippen LogP) is 14.6. The molecule has 0 aliphatic rings. The van der Waals surface area contributed by atoms with Gasteiger partial charge < -0.3 is 0 Å². The molecule has 0 heterocycles. The van der Waals surface area contributed by atoms with Gasteiger partial charge in [0.2, 0.25) is 0 Å². The number of hydrogen-bond donors (Lipinski definition) is 0. The van der Waals surface area contributed by atoms with Crippen LogP contribution in [0.4, 0.5) is 0 Å². The summed E-state index contributed by atoms with van der Waals surface area (Å²) in [7, 11) is 0. The zero-order valence-electron chi connectivity index (χ0n) is 28.6. The average Bonchev–Trinajstić information content (AvgIpc) is 3.23. The van der Waals surface area contributed by atoms with Crippen LogP contribution in [0.3, 0.4) is 0 Å². The molecule has 52 heavy (non-hydrogen) atoms. The van der Waals surface area contributed by atoms with E-state index in [1.807, 2.05) is 0 Å². The van der Waals surface area contributed by atoms with Crippen molar-refractivity contribution in [2.45, 2.75) is 0 Å². The molecule has 0 aromatic heterocycles. The van der Waals surface area contributed by atoms with Gasteiger partial charge in [-0.1, -0.05) is 194 Å². The zero-order chi connectivity index (χ0) is 34.4. The van der Waals surface area contributed by atoms with Crippen molar-refractivity contribution in [1.29, 1.82) is 0 Å². The van der Waals surface area contributed by atoms with Crippen LogP contribution in [0.15, 0.2) is 206 Å². The summed E-state index contributed by atoms with van der Waals surface area (Å²) < 4.78 is 0. The second-order valence-corrected chi connectivity index (χ2v) is 13.6. The molecule has 242 valence electrons. The van der Waals surface area contributed by atoms with Crippen molar-refractivity contribution in [3.63, 3.8) is 0 Å². The maximum Gasteiger partial charge on any atom is -0.00201 e. The summed E-state index contributed by atoms with van der Waals surface area (Å²) in [5.74, 6) is 0. The predicted molar refractivity (Wildman–Crippen MR) is 224 cm³/mol. The van der Waals surface area contributed by atoms with Gasteiger partial charge in [0, 0.05) is 0 Å². The molecule has 0 bridgehead atoms. The third-order valence-electron chi connectivity index (χ3n) is 10.7. The Kier molecular flexibility index (Phi) is 7.25. The van der Waals surface area contributed by atoms with Gasteiger partial charge >= 0.3 is 0 Å². The lowest BCUT2D eigenvalue weighted by atomic mass is 9.83. The first-order valence-electron chi connectivity index (χ1n) is 18.0. The fourth-order valence-corrected chi connectivity index (χ4v) is 8.29. The van der Waals surface area contributed by atoms with Gasteiger partial charge in [0.15, 0.2) is 0 Å². The minimum Gasteiger partial charge on any atom is -0.0622 e. The number of rotatable bonds is 5. The molecular formula is C52H34. The second kappa shape index (κ2) is 12.5. The smallest absolute Gasteiger partial charge is 0.00201 e. The minimum absolute atomic E-state index is 1.21. The van der Waals surface area contributed by atoms with Crippen LogP contribution in [0.1, 0.15) is 0 Å². The van der Waals surface area contributed by atoms with Crippen molar-refractivity contribution < 1.29 is 0 Å². The van der Waals surface area contributed by atoms with E-state index in [-0.39, 0.29) is 0 Å². The van der Waals surface area contributed by atoms with Gasteiger partial charge in [-0.2, -0.15) is 0 Å². The van der Waals surface area contributed by atoms with E-state index in [2.05, 4.69) is 206 Å². The SMILES string of the molecule is c1ccc(-c2ccc(-c3ccccc3-c3c4ccccc4c(-c4cccc(-c5cc6ccccc6c6ccccc56)c4)c4ccccc34)cc2)cc1.